The Hall–Kier alpha value is -0.610. The zero-order valence-electron chi connectivity index (χ0n) is 15.4. The van der Waals surface area contributed by atoms with Crippen LogP contribution in [0.2, 0.25) is 0 Å². The van der Waals surface area contributed by atoms with Crippen LogP contribution in [-0.2, 0) is 11.2 Å². The van der Waals surface area contributed by atoms with E-state index in [1.54, 1.807) is 0 Å². The molecule has 0 radical (unpaired) electrons. The van der Waals surface area contributed by atoms with E-state index in [0.717, 1.165) is 45.7 Å². The van der Waals surface area contributed by atoms with Crippen LogP contribution in [0.15, 0.2) is 29.3 Å². The molecule has 0 N–H and O–H groups in total. The maximum absolute atomic E-state index is 5.83. The van der Waals surface area contributed by atoms with Gasteiger partial charge in [-0.3, -0.25) is 4.99 Å². The number of rotatable bonds is 8. The third-order valence-electron chi connectivity index (χ3n) is 4.32. The Morgan fingerprint density at radius 1 is 1.08 bits per heavy atom. The number of aliphatic imine (C=N–C) groups is 1. The summed E-state index contributed by atoms with van der Waals surface area (Å²) in [6, 6.07) is 8.65. The topological polar surface area (TPSA) is 24.8 Å². The second-order valence-electron chi connectivity index (χ2n) is 6.59. The van der Waals surface area contributed by atoms with Gasteiger partial charge in [0.15, 0.2) is 0 Å². The van der Waals surface area contributed by atoms with Crippen LogP contribution in [0.3, 0.4) is 0 Å². The van der Waals surface area contributed by atoms with E-state index in [0.29, 0.717) is 0 Å². The summed E-state index contributed by atoms with van der Waals surface area (Å²) in [4.78, 5) is 7.33. The lowest BCUT2D eigenvalue weighted by Gasteiger charge is -2.29. The van der Waals surface area contributed by atoms with Crippen molar-refractivity contribution < 1.29 is 4.74 Å². The van der Waals surface area contributed by atoms with E-state index in [2.05, 4.69) is 56.9 Å². The summed E-state index contributed by atoms with van der Waals surface area (Å²) < 4.78 is 5.83. The molecule has 0 saturated carbocycles. The lowest BCUT2D eigenvalue weighted by molar-refractivity contribution is 0.112. The van der Waals surface area contributed by atoms with Gasteiger partial charge in [-0.25, -0.2) is 0 Å². The molecule has 1 aliphatic heterocycles. The highest BCUT2D eigenvalue weighted by molar-refractivity contribution is 6.03. The van der Waals surface area contributed by atoms with Gasteiger partial charge in [0.05, 0.1) is 18.8 Å². The first-order valence-corrected chi connectivity index (χ1v) is 8.53. The Balaban J connectivity index is 0.00000264. The average Bonchev–Trinajstić information content (AvgIpc) is 2.49. The number of benzene rings is 1. The molecule has 24 heavy (non-hydrogen) atoms. The van der Waals surface area contributed by atoms with Crippen LogP contribution in [0.5, 0.6) is 0 Å². The van der Waals surface area contributed by atoms with Crippen LogP contribution < -0.4 is 0 Å². The Morgan fingerprint density at radius 2 is 1.75 bits per heavy atom. The first kappa shape index (κ1) is 23.4. The van der Waals surface area contributed by atoms with E-state index in [1.165, 1.54) is 16.8 Å². The van der Waals surface area contributed by atoms with Crippen molar-refractivity contribution in [3.63, 3.8) is 0 Å². The molecule has 0 saturated heterocycles. The van der Waals surface area contributed by atoms with Gasteiger partial charge in [0, 0.05) is 18.7 Å². The molecule has 0 aliphatic carbocycles. The van der Waals surface area contributed by atoms with Crippen molar-refractivity contribution in [3.8, 4) is 0 Å². The van der Waals surface area contributed by atoms with Gasteiger partial charge in [-0.05, 0) is 44.5 Å². The highest BCUT2D eigenvalue weighted by Gasteiger charge is 2.25. The molecule has 2 rings (SSSR count). The zero-order valence-corrected chi connectivity index (χ0v) is 17.0. The lowest BCUT2D eigenvalue weighted by atomic mass is 9.86. The summed E-state index contributed by atoms with van der Waals surface area (Å²) in [6.45, 7) is 13.6. The molecule has 1 aromatic rings. The quantitative estimate of drug-likeness (QED) is 0.629. The van der Waals surface area contributed by atoms with E-state index in [4.69, 9.17) is 9.73 Å². The first-order valence-electron chi connectivity index (χ1n) is 8.53. The average molecular weight is 375 g/mol. The van der Waals surface area contributed by atoms with Crippen molar-refractivity contribution >= 4 is 30.5 Å². The summed E-state index contributed by atoms with van der Waals surface area (Å²) in [7, 11) is 0. The molecule has 138 valence electrons. The van der Waals surface area contributed by atoms with Crippen molar-refractivity contribution in [2.24, 2.45) is 4.99 Å². The smallest absolute Gasteiger partial charge is 0.0596 e. The van der Waals surface area contributed by atoms with Crippen molar-refractivity contribution in [2.75, 3.05) is 32.8 Å². The number of likely N-dealkylation sites (N-methyl/N-ethyl adjacent to an activating group) is 1. The standard InChI is InChI=1S/C19H30N2O.2ClH/c1-5-21(6-2)12-14-22-13-11-18-17-10-8-7-9-16(17)15-19(3,4)20-18;;/h7-10H,5-6,11-15H2,1-4H3;2*1H. The minimum atomic E-state index is 0. The number of halogens is 2. The maximum Gasteiger partial charge on any atom is 0.0596 e. The molecule has 0 spiro atoms. The SMILES string of the molecule is CCN(CC)CCOCCC1=NC(C)(C)Cc2ccccc21.Cl.Cl. The molecule has 1 aliphatic rings. The Bertz CT molecular complexity index is 514. The van der Waals surface area contributed by atoms with E-state index in [9.17, 15) is 0 Å². The fourth-order valence-electron chi connectivity index (χ4n) is 3.08. The van der Waals surface area contributed by atoms with Gasteiger partial charge in [0.2, 0.25) is 0 Å². The van der Waals surface area contributed by atoms with Crippen molar-refractivity contribution in [1.29, 1.82) is 0 Å². The van der Waals surface area contributed by atoms with Gasteiger partial charge >= 0.3 is 0 Å². The van der Waals surface area contributed by atoms with Gasteiger partial charge in [0.1, 0.15) is 0 Å². The summed E-state index contributed by atoms with van der Waals surface area (Å²) in [5.74, 6) is 0. The molecular formula is C19H32Cl2N2O. The fraction of sp³-hybridized carbons (Fsp3) is 0.632. The molecule has 0 aromatic heterocycles. The second kappa shape index (κ2) is 11.1. The van der Waals surface area contributed by atoms with Gasteiger partial charge in [-0.15, -0.1) is 24.8 Å². The van der Waals surface area contributed by atoms with Gasteiger partial charge in [-0.1, -0.05) is 38.1 Å². The summed E-state index contributed by atoms with van der Waals surface area (Å²) in [5.41, 5.74) is 3.94. The molecule has 0 unspecified atom stereocenters. The Labute approximate surface area is 159 Å². The number of hydrogen-bond acceptors (Lipinski definition) is 3. The first-order chi connectivity index (χ1) is 10.6. The van der Waals surface area contributed by atoms with Crippen molar-refractivity contribution in [1.82, 2.24) is 4.90 Å². The molecule has 0 atom stereocenters. The Kier molecular flexibility index (Phi) is 10.8. The highest BCUT2D eigenvalue weighted by Crippen LogP contribution is 2.27. The molecule has 5 heteroatoms. The monoisotopic (exact) mass is 374 g/mol. The Morgan fingerprint density at radius 3 is 2.42 bits per heavy atom. The normalized spacial score (nSPS) is 15.1. The molecule has 3 nitrogen and oxygen atoms in total. The summed E-state index contributed by atoms with van der Waals surface area (Å²) in [5, 5.41) is 0. The molecule has 1 heterocycles. The lowest BCUT2D eigenvalue weighted by Crippen LogP contribution is -2.30. The minimum Gasteiger partial charge on any atom is -0.380 e. The van der Waals surface area contributed by atoms with Crippen LogP contribution in [0.1, 0.15) is 45.2 Å². The minimum absolute atomic E-state index is 0. The molecule has 0 fully saturated rings. The van der Waals surface area contributed by atoms with Crippen LogP contribution in [-0.4, -0.2) is 49.0 Å². The second-order valence-corrected chi connectivity index (χ2v) is 6.59. The van der Waals surface area contributed by atoms with Crippen molar-refractivity contribution in [2.45, 2.75) is 46.1 Å². The molecule has 0 amide bonds. The van der Waals surface area contributed by atoms with Crippen molar-refractivity contribution in [3.05, 3.63) is 35.4 Å². The molecular weight excluding hydrogens is 343 g/mol. The van der Waals surface area contributed by atoms with Gasteiger partial charge < -0.3 is 9.64 Å². The number of nitrogens with zero attached hydrogens (tertiary/aromatic N) is 2. The number of hydrogen-bond donors (Lipinski definition) is 0. The maximum atomic E-state index is 5.83. The van der Waals surface area contributed by atoms with E-state index >= 15 is 0 Å². The van der Waals surface area contributed by atoms with Crippen LogP contribution >= 0.6 is 24.8 Å². The molecule has 0 bridgehead atoms. The molecule has 1 aromatic carbocycles. The van der Waals surface area contributed by atoms with E-state index < -0.39 is 0 Å². The van der Waals surface area contributed by atoms with Crippen LogP contribution in [0, 0.1) is 0 Å². The summed E-state index contributed by atoms with van der Waals surface area (Å²) >= 11 is 0. The highest BCUT2D eigenvalue weighted by atomic mass is 35.5. The van der Waals surface area contributed by atoms with Gasteiger partial charge in [0.25, 0.3) is 0 Å². The third kappa shape index (κ3) is 6.72. The van der Waals surface area contributed by atoms with Crippen LogP contribution in [0.4, 0.5) is 0 Å². The predicted molar refractivity (Wildman–Crippen MR) is 108 cm³/mol. The van der Waals surface area contributed by atoms with E-state index in [-0.39, 0.29) is 30.4 Å². The summed E-state index contributed by atoms with van der Waals surface area (Å²) in [6.07, 6.45) is 1.92. The van der Waals surface area contributed by atoms with E-state index in [1.807, 2.05) is 0 Å². The number of fused-ring (bicyclic) bond motifs is 1. The largest absolute Gasteiger partial charge is 0.380 e. The third-order valence-corrected chi connectivity index (χ3v) is 4.32. The zero-order chi connectivity index (χ0) is 16.0. The van der Waals surface area contributed by atoms with Gasteiger partial charge in [-0.2, -0.15) is 0 Å². The predicted octanol–water partition coefficient (Wildman–Crippen LogP) is 4.40. The number of ether oxygens (including phenoxy) is 1. The fourth-order valence-corrected chi connectivity index (χ4v) is 3.08. The van der Waals surface area contributed by atoms with Crippen LogP contribution in [0.25, 0.3) is 0 Å².